The minimum Gasteiger partial charge on any atom is -0.292 e. The summed E-state index contributed by atoms with van der Waals surface area (Å²) in [4.78, 5) is 20.2. The molecule has 0 atom stereocenters. The Morgan fingerprint density at radius 3 is 1.21 bits per heavy atom. The number of nitrogens with zero attached hydrogens (tertiary/aromatic N) is 6. The van der Waals surface area contributed by atoms with Crippen LogP contribution < -0.4 is 0 Å². The van der Waals surface area contributed by atoms with Gasteiger partial charge in [0.05, 0.1) is 56.5 Å². The first-order chi connectivity index (χ1) is 25.8. The maximum Gasteiger partial charge on any atom is 0.156 e. The largest absolute Gasteiger partial charge is 0.292 e. The topological polar surface area (TPSA) is 61.4 Å². The van der Waals surface area contributed by atoms with Crippen molar-refractivity contribution in [1.82, 2.24) is 29.1 Å². The van der Waals surface area contributed by atoms with Crippen LogP contribution in [-0.2, 0) is 0 Å². The van der Waals surface area contributed by atoms with Gasteiger partial charge in [-0.3, -0.25) is 19.1 Å². The summed E-state index contributed by atoms with van der Waals surface area (Å²) in [5, 5.41) is 4.65. The lowest BCUT2D eigenvalue weighted by molar-refractivity contribution is 1.07. The fraction of sp³-hybridized carbons (Fsp3) is 0. The molecule has 0 aliphatic carbocycles. The van der Waals surface area contributed by atoms with Gasteiger partial charge in [-0.25, -0.2) is 9.97 Å². The van der Waals surface area contributed by atoms with E-state index in [1.807, 2.05) is 24.5 Å². The molecule has 7 aromatic carbocycles. The second-order valence-electron chi connectivity index (χ2n) is 13.2. The second-order valence-corrected chi connectivity index (χ2v) is 13.2. The zero-order valence-electron chi connectivity index (χ0n) is 27.8. The predicted octanol–water partition coefficient (Wildman–Crippen LogP) is 11.1. The first-order valence-electron chi connectivity index (χ1n) is 17.4. The van der Waals surface area contributed by atoms with E-state index in [-0.39, 0.29) is 0 Å². The van der Waals surface area contributed by atoms with Gasteiger partial charge in [-0.05, 0) is 70.8 Å². The summed E-state index contributed by atoms with van der Waals surface area (Å²) in [5.74, 6) is 1.56. The molecule has 52 heavy (non-hydrogen) atoms. The van der Waals surface area contributed by atoms with Crippen LogP contribution in [0.3, 0.4) is 0 Å². The maximum atomic E-state index is 5.23. The smallest absolute Gasteiger partial charge is 0.156 e. The Balaban J connectivity index is 1.15. The van der Waals surface area contributed by atoms with Crippen LogP contribution in [0.15, 0.2) is 170 Å². The summed E-state index contributed by atoms with van der Waals surface area (Å²) >= 11 is 0. The highest BCUT2D eigenvalue weighted by atomic mass is 15.1. The van der Waals surface area contributed by atoms with Crippen molar-refractivity contribution in [3.8, 4) is 33.9 Å². The summed E-state index contributed by atoms with van der Waals surface area (Å²) < 4.78 is 4.50. The Labute approximate surface area is 297 Å². The third kappa shape index (κ3) is 4.31. The highest BCUT2D eigenvalue weighted by molar-refractivity contribution is 6.28. The molecule has 0 unspecified atom stereocenters. The highest BCUT2D eigenvalue weighted by Crippen LogP contribution is 2.42. The van der Waals surface area contributed by atoms with Gasteiger partial charge in [0.15, 0.2) is 11.6 Å². The molecule has 0 aliphatic heterocycles. The first-order valence-corrected chi connectivity index (χ1v) is 17.4. The van der Waals surface area contributed by atoms with Gasteiger partial charge < -0.3 is 0 Å². The monoisotopic (exact) mass is 664 g/mol. The van der Waals surface area contributed by atoms with E-state index in [0.717, 1.165) is 88.8 Å². The Morgan fingerprint density at radius 1 is 0.327 bits per heavy atom. The number of benzene rings is 7. The van der Waals surface area contributed by atoms with Crippen molar-refractivity contribution in [1.29, 1.82) is 0 Å². The molecule has 4 aromatic heterocycles. The molecule has 0 aliphatic rings. The summed E-state index contributed by atoms with van der Waals surface area (Å²) in [6.07, 6.45) is 3.77. The molecule has 0 amide bonds. The maximum absolute atomic E-state index is 5.23. The zero-order valence-corrected chi connectivity index (χ0v) is 27.8. The quantitative estimate of drug-likeness (QED) is 0.188. The molecule has 11 rings (SSSR count). The van der Waals surface area contributed by atoms with Crippen molar-refractivity contribution in [2.45, 2.75) is 0 Å². The van der Waals surface area contributed by atoms with Crippen molar-refractivity contribution in [2.24, 2.45) is 0 Å². The van der Waals surface area contributed by atoms with Crippen molar-refractivity contribution >= 4 is 65.7 Å². The third-order valence-corrected chi connectivity index (χ3v) is 10.2. The fourth-order valence-electron chi connectivity index (χ4n) is 7.85. The van der Waals surface area contributed by atoms with E-state index in [2.05, 4.69) is 155 Å². The van der Waals surface area contributed by atoms with Gasteiger partial charge in [-0.15, -0.1) is 0 Å². The van der Waals surface area contributed by atoms with Crippen molar-refractivity contribution in [3.05, 3.63) is 170 Å². The van der Waals surface area contributed by atoms with Gasteiger partial charge in [0, 0.05) is 21.5 Å². The van der Waals surface area contributed by atoms with Crippen LogP contribution >= 0.6 is 0 Å². The number of hydrogen-bond donors (Lipinski definition) is 0. The first kappa shape index (κ1) is 28.6. The SMILES string of the molecule is c1ccc(-c2ccc3ncc(-n4c5ccccc5c5c6c7ccccc7n(-c7cnc8ccc(-c9ccccc9)cc8n7)c6ccc54)nc3c2)cc1. The molecule has 0 N–H and O–H groups in total. The van der Waals surface area contributed by atoms with Crippen LogP contribution in [0.25, 0.3) is 99.6 Å². The number of hydrogen-bond acceptors (Lipinski definition) is 4. The molecular weight excluding hydrogens is 637 g/mol. The number of aromatic nitrogens is 6. The molecule has 0 spiro atoms. The number of rotatable bonds is 4. The van der Waals surface area contributed by atoms with Crippen LogP contribution in [0.1, 0.15) is 0 Å². The van der Waals surface area contributed by atoms with E-state index in [1.165, 1.54) is 10.8 Å². The summed E-state index contributed by atoms with van der Waals surface area (Å²) in [6, 6.07) is 55.0. The molecular formula is C46H28N6. The second kappa shape index (κ2) is 11.2. The van der Waals surface area contributed by atoms with Crippen molar-refractivity contribution in [3.63, 3.8) is 0 Å². The van der Waals surface area contributed by atoms with Crippen LogP contribution in [-0.4, -0.2) is 29.1 Å². The molecule has 6 heteroatoms. The summed E-state index contributed by atoms with van der Waals surface area (Å²) in [5.41, 5.74) is 12.3. The average molecular weight is 665 g/mol. The number of fused-ring (bicyclic) bond motifs is 9. The molecule has 0 radical (unpaired) electrons. The standard InChI is InChI=1S/C46H28N6/c1-3-11-29(12-4-1)31-19-21-35-37(25-31)49-43(27-47-35)51-39-17-9-7-15-33(39)45-41(51)23-24-42-46(45)34-16-8-10-18-40(34)52(42)44-28-48-36-22-20-32(26-38(36)50-44)30-13-5-2-6-14-30/h1-28H. The molecule has 0 saturated carbocycles. The van der Waals surface area contributed by atoms with E-state index in [9.17, 15) is 0 Å². The summed E-state index contributed by atoms with van der Waals surface area (Å²) in [7, 11) is 0. The van der Waals surface area contributed by atoms with Crippen molar-refractivity contribution < 1.29 is 0 Å². The van der Waals surface area contributed by atoms with Crippen LogP contribution in [0.2, 0.25) is 0 Å². The molecule has 4 heterocycles. The van der Waals surface area contributed by atoms with Gasteiger partial charge in [0.25, 0.3) is 0 Å². The lowest BCUT2D eigenvalue weighted by atomic mass is 10.1. The van der Waals surface area contributed by atoms with E-state index < -0.39 is 0 Å². The van der Waals surface area contributed by atoms with Gasteiger partial charge >= 0.3 is 0 Å². The molecule has 0 saturated heterocycles. The molecule has 6 nitrogen and oxygen atoms in total. The molecule has 0 fully saturated rings. The Bertz CT molecular complexity index is 2960. The van der Waals surface area contributed by atoms with E-state index in [1.54, 1.807) is 0 Å². The average Bonchev–Trinajstić information content (AvgIpc) is 3.73. The molecule has 0 bridgehead atoms. The van der Waals surface area contributed by atoms with Crippen LogP contribution in [0, 0.1) is 0 Å². The predicted molar refractivity (Wildman–Crippen MR) is 212 cm³/mol. The van der Waals surface area contributed by atoms with E-state index in [4.69, 9.17) is 19.9 Å². The number of para-hydroxylation sites is 2. The van der Waals surface area contributed by atoms with Gasteiger partial charge in [-0.1, -0.05) is 109 Å². The van der Waals surface area contributed by atoms with Crippen molar-refractivity contribution in [2.75, 3.05) is 0 Å². The van der Waals surface area contributed by atoms with Crippen LogP contribution in [0.5, 0.6) is 0 Å². The fourth-order valence-corrected chi connectivity index (χ4v) is 7.85. The lowest BCUT2D eigenvalue weighted by Gasteiger charge is -2.10. The summed E-state index contributed by atoms with van der Waals surface area (Å²) in [6.45, 7) is 0. The minimum absolute atomic E-state index is 0.779. The van der Waals surface area contributed by atoms with Gasteiger partial charge in [0.2, 0.25) is 0 Å². The lowest BCUT2D eigenvalue weighted by Crippen LogP contribution is -2.00. The van der Waals surface area contributed by atoms with Gasteiger partial charge in [-0.2, -0.15) is 0 Å². The minimum atomic E-state index is 0.779. The Morgan fingerprint density at radius 2 is 0.750 bits per heavy atom. The third-order valence-electron chi connectivity index (χ3n) is 10.2. The molecule has 242 valence electrons. The Hall–Kier alpha value is -7.18. The molecule has 11 aromatic rings. The highest BCUT2D eigenvalue weighted by Gasteiger charge is 2.21. The van der Waals surface area contributed by atoms with E-state index >= 15 is 0 Å². The van der Waals surface area contributed by atoms with Gasteiger partial charge in [0.1, 0.15) is 0 Å². The zero-order chi connectivity index (χ0) is 34.2. The normalized spacial score (nSPS) is 11.8. The Kier molecular flexibility index (Phi) is 6.15. The van der Waals surface area contributed by atoms with Crippen LogP contribution in [0.4, 0.5) is 0 Å². The van der Waals surface area contributed by atoms with E-state index in [0.29, 0.717) is 0 Å².